The van der Waals surface area contributed by atoms with E-state index in [0.29, 0.717) is 21.8 Å². The van der Waals surface area contributed by atoms with E-state index in [1.807, 2.05) is 6.07 Å². The van der Waals surface area contributed by atoms with Gasteiger partial charge in [0, 0.05) is 5.25 Å². The summed E-state index contributed by atoms with van der Waals surface area (Å²) >= 11 is 8.09. The molecule has 0 unspecified atom stereocenters. The van der Waals surface area contributed by atoms with Crippen LogP contribution in [0.3, 0.4) is 0 Å². The van der Waals surface area contributed by atoms with Gasteiger partial charge in [-0.05, 0) is 31.4 Å². The molecule has 0 aromatic heterocycles. The summed E-state index contributed by atoms with van der Waals surface area (Å²) in [6, 6.07) is 3.61. The minimum atomic E-state index is -1.03. The Morgan fingerprint density at radius 3 is 3.05 bits per heavy atom. The van der Waals surface area contributed by atoms with E-state index in [1.54, 1.807) is 17.8 Å². The lowest BCUT2D eigenvalue weighted by atomic mass is 9.97. The van der Waals surface area contributed by atoms with Gasteiger partial charge in [-0.25, -0.2) is 4.79 Å². The number of halogens is 1. The van der Waals surface area contributed by atoms with E-state index in [4.69, 9.17) is 26.2 Å². The van der Waals surface area contributed by atoms with Crippen molar-refractivity contribution in [3.8, 4) is 11.5 Å². The van der Waals surface area contributed by atoms with E-state index >= 15 is 0 Å². The molecule has 4 nitrogen and oxygen atoms in total. The first-order valence-electron chi connectivity index (χ1n) is 6.65. The fourth-order valence-electron chi connectivity index (χ4n) is 2.62. The van der Waals surface area contributed by atoms with Gasteiger partial charge in [-0.1, -0.05) is 18.0 Å². The molecule has 2 aliphatic rings. The quantitative estimate of drug-likeness (QED) is 0.923. The van der Waals surface area contributed by atoms with Crippen molar-refractivity contribution in [3.63, 3.8) is 0 Å². The van der Waals surface area contributed by atoms with Crippen molar-refractivity contribution in [2.75, 3.05) is 6.61 Å². The second kappa shape index (κ2) is 5.74. The molecule has 6 heteroatoms. The van der Waals surface area contributed by atoms with Crippen LogP contribution in [0.4, 0.5) is 0 Å². The topological polar surface area (TPSA) is 55.8 Å². The summed E-state index contributed by atoms with van der Waals surface area (Å²) in [5.41, 5.74) is 0. The highest BCUT2D eigenvalue weighted by Gasteiger charge is 2.34. The first-order chi connectivity index (χ1) is 9.65. The lowest BCUT2D eigenvalue weighted by Gasteiger charge is -2.36. The van der Waals surface area contributed by atoms with Crippen molar-refractivity contribution in [1.82, 2.24) is 0 Å². The standard InChI is InChI=1S/C14H15ClO4S/c15-13-9(18-7-12(16)17)5-6-11-14(13)19-8-3-1-2-4-10(8)20-11/h5-6,8,10H,1-4,7H2,(H,16,17)/t8-,10-/m1/s1. The molecule has 2 atom stereocenters. The van der Waals surface area contributed by atoms with Crippen LogP contribution in [-0.2, 0) is 4.79 Å². The van der Waals surface area contributed by atoms with Gasteiger partial charge in [-0.15, -0.1) is 11.8 Å². The van der Waals surface area contributed by atoms with Crippen LogP contribution in [0.5, 0.6) is 11.5 Å². The van der Waals surface area contributed by atoms with Gasteiger partial charge in [0.2, 0.25) is 0 Å². The van der Waals surface area contributed by atoms with Crippen LogP contribution in [-0.4, -0.2) is 29.0 Å². The number of thioether (sulfide) groups is 1. The predicted octanol–water partition coefficient (Wildman–Crippen LogP) is 3.60. The Bertz CT molecular complexity index is 534. The monoisotopic (exact) mass is 314 g/mol. The van der Waals surface area contributed by atoms with Gasteiger partial charge >= 0.3 is 5.97 Å². The van der Waals surface area contributed by atoms with Gasteiger partial charge in [0.25, 0.3) is 0 Å². The van der Waals surface area contributed by atoms with Gasteiger partial charge in [-0.3, -0.25) is 0 Å². The Labute approximate surface area is 126 Å². The molecule has 1 aromatic carbocycles. The molecule has 0 spiro atoms. The van der Waals surface area contributed by atoms with Crippen molar-refractivity contribution in [2.24, 2.45) is 0 Å². The lowest BCUT2D eigenvalue weighted by Crippen LogP contribution is -2.35. The van der Waals surface area contributed by atoms with Crippen molar-refractivity contribution >= 4 is 29.3 Å². The van der Waals surface area contributed by atoms with E-state index in [2.05, 4.69) is 0 Å². The Morgan fingerprint density at radius 1 is 1.45 bits per heavy atom. The zero-order valence-corrected chi connectivity index (χ0v) is 12.4. The van der Waals surface area contributed by atoms with E-state index in [1.165, 1.54) is 19.3 Å². The van der Waals surface area contributed by atoms with E-state index in [-0.39, 0.29) is 6.10 Å². The highest BCUT2D eigenvalue weighted by molar-refractivity contribution is 8.00. The number of benzene rings is 1. The summed E-state index contributed by atoms with van der Waals surface area (Å²) in [6.07, 6.45) is 4.86. The molecule has 3 rings (SSSR count). The van der Waals surface area contributed by atoms with E-state index < -0.39 is 12.6 Å². The maximum atomic E-state index is 10.6. The number of carbonyl (C=O) groups is 1. The summed E-state index contributed by atoms with van der Waals surface area (Å²) in [6.45, 7) is -0.405. The Morgan fingerprint density at radius 2 is 2.25 bits per heavy atom. The summed E-state index contributed by atoms with van der Waals surface area (Å²) < 4.78 is 11.2. The molecular formula is C14H15ClO4S. The van der Waals surface area contributed by atoms with Gasteiger partial charge < -0.3 is 14.6 Å². The van der Waals surface area contributed by atoms with Crippen molar-refractivity contribution in [2.45, 2.75) is 41.9 Å². The van der Waals surface area contributed by atoms with Crippen LogP contribution >= 0.6 is 23.4 Å². The average molecular weight is 315 g/mol. The van der Waals surface area contributed by atoms with Crippen LogP contribution in [0.2, 0.25) is 5.02 Å². The number of aliphatic carboxylic acids is 1. The maximum Gasteiger partial charge on any atom is 0.341 e. The van der Waals surface area contributed by atoms with Crippen molar-refractivity contribution in [1.29, 1.82) is 0 Å². The molecular weight excluding hydrogens is 300 g/mol. The number of hydrogen-bond donors (Lipinski definition) is 1. The number of fused-ring (bicyclic) bond motifs is 2. The number of carboxylic acids is 1. The molecule has 1 aliphatic carbocycles. The minimum Gasteiger partial charge on any atom is -0.486 e. The summed E-state index contributed by atoms with van der Waals surface area (Å²) in [7, 11) is 0. The van der Waals surface area contributed by atoms with Gasteiger partial charge in [0.1, 0.15) is 16.9 Å². The van der Waals surface area contributed by atoms with Crippen molar-refractivity contribution < 1.29 is 19.4 Å². The second-order valence-electron chi connectivity index (χ2n) is 4.98. The largest absolute Gasteiger partial charge is 0.486 e. The van der Waals surface area contributed by atoms with E-state index in [9.17, 15) is 4.79 Å². The van der Waals surface area contributed by atoms with Crippen LogP contribution in [0.1, 0.15) is 25.7 Å². The maximum absolute atomic E-state index is 10.6. The Hall–Kier alpha value is -1.07. The predicted molar refractivity (Wildman–Crippen MR) is 77.1 cm³/mol. The molecule has 0 amide bonds. The normalized spacial score (nSPS) is 24.2. The molecule has 1 aliphatic heterocycles. The molecule has 0 bridgehead atoms. The average Bonchev–Trinajstić information content (AvgIpc) is 2.45. The molecule has 1 heterocycles. The Kier molecular flexibility index (Phi) is 3.98. The van der Waals surface area contributed by atoms with Gasteiger partial charge in [-0.2, -0.15) is 0 Å². The highest BCUT2D eigenvalue weighted by atomic mass is 35.5. The number of rotatable bonds is 3. The fourth-order valence-corrected chi connectivity index (χ4v) is 4.30. The third-order valence-corrected chi connectivity index (χ3v) is 5.34. The SMILES string of the molecule is O=C(O)COc1ccc2c(c1Cl)O[C@@H]1CCCC[C@H]1S2. The van der Waals surface area contributed by atoms with Crippen LogP contribution in [0, 0.1) is 0 Å². The van der Waals surface area contributed by atoms with E-state index in [0.717, 1.165) is 11.3 Å². The number of carboxylic acid groups (broad SMARTS) is 1. The van der Waals surface area contributed by atoms with Gasteiger partial charge in [0.15, 0.2) is 12.4 Å². The molecule has 1 fully saturated rings. The third kappa shape index (κ3) is 2.69. The minimum absolute atomic E-state index is 0.202. The molecule has 1 aromatic rings. The molecule has 108 valence electrons. The first kappa shape index (κ1) is 13.9. The summed E-state index contributed by atoms with van der Waals surface area (Å²) in [4.78, 5) is 11.6. The molecule has 0 saturated heterocycles. The summed E-state index contributed by atoms with van der Waals surface area (Å²) in [5.74, 6) is -0.0215. The van der Waals surface area contributed by atoms with Crippen molar-refractivity contribution in [3.05, 3.63) is 17.2 Å². The third-order valence-electron chi connectivity index (χ3n) is 3.57. The van der Waals surface area contributed by atoms with Gasteiger partial charge in [0.05, 0.1) is 4.90 Å². The smallest absolute Gasteiger partial charge is 0.341 e. The number of hydrogen-bond acceptors (Lipinski definition) is 4. The lowest BCUT2D eigenvalue weighted by molar-refractivity contribution is -0.139. The molecule has 1 saturated carbocycles. The second-order valence-corrected chi connectivity index (χ2v) is 6.64. The van der Waals surface area contributed by atoms with Crippen LogP contribution < -0.4 is 9.47 Å². The molecule has 1 N–H and O–H groups in total. The molecule has 0 radical (unpaired) electrons. The zero-order valence-electron chi connectivity index (χ0n) is 10.8. The molecule has 20 heavy (non-hydrogen) atoms. The number of ether oxygens (including phenoxy) is 2. The highest BCUT2D eigenvalue weighted by Crippen LogP contribution is 2.50. The Balaban J connectivity index is 1.84. The van der Waals surface area contributed by atoms with Crippen LogP contribution in [0.15, 0.2) is 17.0 Å². The first-order valence-corrected chi connectivity index (χ1v) is 7.91. The fraction of sp³-hybridized carbons (Fsp3) is 0.500. The summed E-state index contributed by atoms with van der Waals surface area (Å²) in [5, 5.41) is 9.53. The zero-order chi connectivity index (χ0) is 14.1. The van der Waals surface area contributed by atoms with Crippen LogP contribution in [0.25, 0.3) is 0 Å².